The van der Waals surface area contributed by atoms with E-state index in [-0.39, 0.29) is 13.0 Å². The fraction of sp³-hybridized carbons (Fsp3) is 0.217. The van der Waals surface area contributed by atoms with Gasteiger partial charge in [0.2, 0.25) is 5.91 Å². The number of rotatable bonds is 11. The topological polar surface area (TPSA) is 169 Å². The van der Waals surface area contributed by atoms with Gasteiger partial charge in [0.25, 0.3) is 5.78 Å². The van der Waals surface area contributed by atoms with Crippen LogP contribution < -0.4 is 11.1 Å². The molecule has 33 heavy (non-hydrogen) atoms. The number of nitrogens with zero attached hydrogens (tertiary/aromatic N) is 2. The number of benzene rings is 2. The Kier molecular flexibility index (Phi) is 9.05. The highest BCUT2D eigenvalue weighted by Gasteiger charge is 2.41. The van der Waals surface area contributed by atoms with Crippen molar-refractivity contribution in [3.8, 4) is 0 Å². The first kappa shape index (κ1) is 25.0. The fourth-order valence-electron chi connectivity index (χ4n) is 2.75. The molecule has 2 atom stereocenters. The van der Waals surface area contributed by atoms with Gasteiger partial charge in [0.1, 0.15) is 6.61 Å². The number of nitrogens with two attached hydrogens (primary N) is 1. The quantitative estimate of drug-likeness (QED) is 0.123. The number of amides is 1. The minimum atomic E-state index is -1.69. The molecule has 2 aromatic carbocycles. The molecule has 0 radical (unpaired) electrons. The van der Waals surface area contributed by atoms with Gasteiger partial charge in [-0.1, -0.05) is 60.7 Å². The number of hydrogen-bond acceptors (Lipinski definition) is 7. The van der Waals surface area contributed by atoms with Crippen molar-refractivity contribution >= 4 is 34.9 Å². The van der Waals surface area contributed by atoms with Crippen molar-refractivity contribution in [1.29, 1.82) is 0 Å². The molecule has 0 bridgehead atoms. The van der Waals surface area contributed by atoms with Gasteiger partial charge in [-0.25, -0.2) is 4.79 Å². The molecule has 170 valence electrons. The number of ketones is 3. The summed E-state index contributed by atoms with van der Waals surface area (Å²) in [5.41, 5.74) is 15.1. The Morgan fingerprint density at radius 3 is 2.03 bits per heavy atom. The van der Waals surface area contributed by atoms with Crippen LogP contribution in [0.2, 0.25) is 0 Å². The molecule has 1 amide bonds. The number of carbonyl (C=O) groups excluding carboxylic acids is 5. The van der Waals surface area contributed by atoms with Crippen molar-refractivity contribution < 1.29 is 33.5 Å². The van der Waals surface area contributed by atoms with Gasteiger partial charge in [0, 0.05) is 0 Å². The summed E-state index contributed by atoms with van der Waals surface area (Å²) in [6.07, 6.45) is 0.194. The molecular weight excluding hydrogens is 428 g/mol. The summed E-state index contributed by atoms with van der Waals surface area (Å²) in [5, 5.41) is 2.30. The van der Waals surface area contributed by atoms with E-state index < -0.39 is 47.0 Å². The van der Waals surface area contributed by atoms with E-state index in [1.54, 1.807) is 60.7 Å². The number of esters is 1. The van der Waals surface area contributed by atoms with E-state index in [0.29, 0.717) is 5.56 Å². The van der Waals surface area contributed by atoms with Crippen LogP contribution in [0.25, 0.3) is 5.53 Å². The third-order valence-electron chi connectivity index (χ3n) is 4.54. The molecule has 0 saturated carbocycles. The number of ether oxygens (including phenoxy) is 1. The summed E-state index contributed by atoms with van der Waals surface area (Å²) >= 11 is 0. The lowest BCUT2D eigenvalue weighted by atomic mass is 10.0. The van der Waals surface area contributed by atoms with Crippen LogP contribution in [0.1, 0.15) is 18.1 Å². The van der Waals surface area contributed by atoms with Gasteiger partial charge >= 0.3 is 23.2 Å². The summed E-state index contributed by atoms with van der Waals surface area (Å²) in [7, 11) is 0. The molecule has 0 aliphatic carbocycles. The van der Waals surface area contributed by atoms with E-state index >= 15 is 0 Å². The first-order chi connectivity index (χ1) is 15.7. The molecule has 3 N–H and O–H groups in total. The lowest BCUT2D eigenvalue weighted by Gasteiger charge is -2.15. The zero-order valence-corrected chi connectivity index (χ0v) is 17.8. The van der Waals surface area contributed by atoms with E-state index in [0.717, 1.165) is 5.56 Å². The SMILES string of the molecule is C[C@H](NC(=O)[C@@H](N)Cc1ccccc1)C(=O)C(=[N+]=[N-])C(=O)C(=O)C(=O)OCc1ccccc1. The lowest BCUT2D eigenvalue weighted by Crippen LogP contribution is -2.51. The summed E-state index contributed by atoms with van der Waals surface area (Å²) in [6.45, 7) is 0.941. The highest BCUT2D eigenvalue weighted by molar-refractivity contribution is 6.86. The van der Waals surface area contributed by atoms with Crippen LogP contribution in [0.3, 0.4) is 0 Å². The highest BCUT2D eigenvalue weighted by Crippen LogP contribution is 2.04. The van der Waals surface area contributed by atoms with Gasteiger partial charge in [-0.3, -0.25) is 19.2 Å². The molecule has 0 unspecified atom stereocenters. The fourth-order valence-corrected chi connectivity index (χ4v) is 2.75. The third kappa shape index (κ3) is 7.13. The minimum absolute atomic E-state index is 0.194. The Bertz CT molecular complexity index is 1090. The van der Waals surface area contributed by atoms with Crippen molar-refractivity contribution in [2.24, 2.45) is 5.73 Å². The zero-order chi connectivity index (χ0) is 24.4. The molecule has 0 fully saturated rings. The van der Waals surface area contributed by atoms with Gasteiger partial charge in [0.05, 0.1) is 12.1 Å². The summed E-state index contributed by atoms with van der Waals surface area (Å²) < 4.78 is 4.75. The Labute approximate surface area is 189 Å². The average Bonchev–Trinajstić information content (AvgIpc) is 2.83. The van der Waals surface area contributed by atoms with Crippen LogP contribution in [-0.4, -0.2) is 51.8 Å². The Morgan fingerprint density at radius 1 is 0.939 bits per heavy atom. The number of hydrogen-bond donors (Lipinski definition) is 2. The molecule has 0 aliphatic heterocycles. The lowest BCUT2D eigenvalue weighted by molar-refractivity contribution is -0.157. The zero-order valence-electron chi connectivity index (χ0n) is 17.8. The Hall–Kier alpha value is -4.27. The summed E-state index contributed by atoms with van der Waals surface area (Å²) in [5.74, 6) is -6.73. The average molecular weight is 450 g/mol. The molecular formula is C23H22N4O6. The van der Waals surface area contributed by atoms with Crippen LogP contribution >= 0.6 is 0 Å². The summed E-state index contributed by atoms with van der Waals surface area (Å²) in [4.78, 5) is 63.5. The largest absolute Gasteiger partial charge is 0.455 e. The van der Waals surface area contributed by atoms with Gasteiger partial charge in [-0.2, -0.15) is 4.79 Å². The van der Waals surface area contributed by atoms with Crippen molar-refractivity contribution in [2.45, 2.75) is 32.0 Å². The molecule has 2 rings (SSSR count). The molecule has 0 aliphatic rings. The van der Waals surface area contributed by atoms with E-state index in [2.05, 4.69) is 10.1 Å². The second kappa shape index (κ2) is 11.9. The highest BCUT2D eigenvalue weighted by atomic mass is 16.5. The maximum Gasteiger partial charge on any atom is 0.411 e. The van der Waals surface area contributed by atoms with E-state index in [1.807, 2.05) is 0 Å². The monoisotopic (exact) mass is 450 g/mol. The van der Waals surface area contributed by atoms with Crippen LogP contribution in [0.5, 0.6) is 0 Å². The predicted octanol–water partition coefficient (Wildman–Crippen LogP) is 0.183. The molecule has 10 nitrogen and oxygen atoms in total. The second-order valence-electron chi connectivity index (χ2n) is 7.06. The minimum Gasteiger partial charge on any atom is -0.455 e. The standard InChI is InChI=1S/C23H22N4O6/c1-14(26-22(31)17(24)12-15-8-4-2-5-9-15)19(28)18(27-25)20(29)21(30)23(32)33-13-16-10-6-3-7-11-16/h2-11,14,17H,12-13,24H2,1H3,(H,26,31)/t14-,17-/m0/s1. The van der Waals surface area contributed by atoms with Crippen LogP contribution in [0.4, 0.5) is 0 Å². The molecule has 10 heteroatoms. The van der Waals surface area contributed by atoms with E-state index in [9.17, 15) is 24.0 Å². The van der Waals surface area contributed by atoms with E-state index in [1.165, 1.54) is 6.92 Å². The van der Waals surface area contributed by atoms with E-state index in [4.69, 9.17) is 16.0 Å². The first-order valence-corrected chi connectivity index (χ1v) is 9.90. The van der Waals surface area contributed by atoms with Crippen LogP contribution in [0.15, 0.2) is 60.7 Å². The second-order valence-corrected chi connectivity index (χ2v) is 7.06. The Morgan fingerprint density at radius 2 is 1.48 bits per heavy atom. The van der Waals surface area contributed by atoms with Crippen molar-refractivity contribution in [1.82, 2.24) is 5.32 Å². The van der Waals surface area contributed by atoms with Gasteiger partial charge < -0.3 is 21.3 Å². The molecule has 0 saturated heterocycles. The smallest absolute Gasteiger partial charge is 0.411 e. The Balaban J connectivity index is 1.95. The number of carbonyl (C=O) groups is 5. The van der Waals surface area contributed by atoms with Gasteiger partial charge in [-0.15, -0.1) is 0 Å². The van der Waals surface area contributed by atoms with Crippen LogP contribution in [0, 0.1) is 0 Å². The third-order valence-corrected chi connectivity index (χ3v) is 4.54. The van der Waals surface area contributed by atoms with Crippen molar-refractivity contribution in [3.05, 3.63) is 77.3 Å². The predicted molar refractivity (Wildman–Crippen MR) is 116 cm³/mol. The molecule has 0 spiro atoms. The first-order valence-electron chi connectivity index (χ1n) is 9.90. The maximum atomic E-state index is 12.5. The molecule has 0 heterocycles. The molecule has 2 aromatic rings. The summed E-state index contributed by atoms with van der Waals surface area (Å²) in [6, 6.07) is 15.0. The maximum absolute atomic E-state index is 12.5. The van der Waals surface area contributed by atoms with Gasteiger partial charge in [0.15, 0.2) is 0 Å². The number of Topliss-reactive ketones (excluding diaryl/α,β-unsaturated/α-hetero) is 3. The van der Waals surface area contributed by atoms with Crippen molar-refractivity contribution in [2.75, 3.05) is 0 Å². The van der Waals surface area contributed by atoms with Crippen LogP contribution in [-0.2, 0) is 41.7 Å². The normalized spacial score (nSPS) is 11.9. The van der Waals surface area contributed by atoms with Gasteiger partial charge in [-0.05, 0) is 24.5 Å². The number of nitrogens with one attached hydrogen (secondary N) is 1. The van der Waals surface area contributed by atoms with Crippen molar-refractivity contribution in [3.63, 3.8) is 0 Å². The molecule has 0 aromatic heterocycles.